The Labute approximate surface area is 101 Å². The number of carbonyl (C=O) groups is 1. The smallest absolute Gasteiger partial charge is 0.240 e. The molecular formula is C12H17N3O2. The first kappa shape index (κ1) is 13.3. The van der Waals surface area contributed by atoms with Crippen molar-refractivity contribution in [2.45, 2.75) is 26.5 Å². The van der Waals surface area contributed by atoms with Gasteiger partial charge >= 0.3 is 0 Å². The first-order valence-electron chi connectivity index (χ1n) is 5.52. The van der Waals surface area contributed by atoms with Crippen molar-refractivity contribution >= 4 is 5.91 Å². The molecule has 1 rings (SSSR count). The van der Waals surface area contributed by atoms with Crippen LogP contribution in [-0.2, 0) is 11.3 Å². The first-order valence-corrected chi connectivity index (χ1v) is 5.52. The van der Waals surface area contributed by atoms with Crippen LogP contribution in [0.1, 0.15) is 25.5 Å². The SMILES string of the molecule is CC(C)C(O)c1ccn(CC(=O)NCC#N)c1. The van der Waals surface area contributed by atoms with E-state index in [4.69, 9.17) is 5.26 Å². The summed E-state index contributed by atoms with van der Waals surface area (Å²) in [7, 11) is 0. The third-order valence-corrected chi connectivity index (χ3v) is 2.44. The van der Waals surface area contributed by atoms with Gasteiger partial charge in [-0.1, -0.05) is 13.8 Å². The standard InChI is InChI=1S/C12H17N3O2/c1-9(2)12(17)10-3-6-15(7-10)8-11(16)14-5-4-13/h3,6-7,9,12,17H,5,8H2,1-2H3,(H,14,16). The molecule has 0 saturated carbocycles. The molecule has 1 amide bonds. The van der Waals surface area contributed by atoms with Crippen LogP contribution in [0.3, 0.4) is 0 Å². The zero-order valence-corrected chi connectivity index (χ0v) is 10.1. The first-order chi connectivity index (χ1) is 8.04. The van der Waals surface area contributed by atoms with E-state index in [0.717, 1.165) is 5.56 Å². The van der Waals surface area contributed by atoms with Gasteiger partial charge in [0.2, 0.25) is 5.91 Å². The normalized spacial score (nSPS) is 12.2. The van der Waals surface area contributed by atoms with E-state index < -0.39 is 6.10 Å². The molecule has 0 radical (unpaired) electrons. The largest absolute Gasteiger partial charge is 0.388 e. The van der Waals surface area contributed by atoms with Crippen molar-refractivity contribution in [3.8, 4) is 6.07 Å². The number of hydrogen-bond acceptors (Lipinski definition) is 3. The Bertz CT molecular complexity index is 418. The summed E-state index contributed by atoms with van der Waals surface area (Å²) in [6.07, 6.45) is 2.97. The van der Waals surface area contributed by atoms with Crippen LogP contribution in [0.15, 0.2) is 18.5 Å². The predicted octanol–water partition coefficient (Wildman–Crippen LogP) is 0.817. The van der Waals surface area contributed by atoms with Crippen LogP contribution in [0, 0.1) is 17.2 Å². The lowest BCUT2D eigenvalue weighted by molar-refractivity contribution is -0.121. The average Bonchev–Trinajstić information content (AvgIpc) is 2.73. The molecule has 92 valence electrons. The molecule has 0 fully saturated rings. The van der Waals surface area contributed by atoms with Gasteiger partial charge in [0.25, 0.3) is 0 Å². The third-order valence-electron chi connectivity index (χ3n) is 2.44. The number of amides is 1. The van der Waals surface area contributed by atoms with Crippen molar-refractivity contribution in [2.75, 3.05) is 6.54 Å². The Hall–Kier alpha value is -1.80. The van der Waals surface area contributed by atoms with Gasteiger partial charge in [-0.3, -0.25) is 4.79 Å². The Kier molecular flexibility index (Phi) is 4.73. The van der Waals surface area contributed by atoms with E-state index in [1.165, 1.54) is 0 Å². The second-order valence-corrected chi connectivity index (χ2v) is 4.24. The summed E-state index contributed by atoms with van der Waals surface area (Å²) in [5.74, 6) is -0.0778. The second-order valence-electron chi connectivity index (χ2n) is 4.24. The maximum absolute atomic E-state index is 11.3. The quantitative estimate of drug-likeness (QED) is 0.741. The highest BCUT2D eigenvalue weighted by molar-refractivity contribution is 5.75. The van der Waals surface area contributed by atoms with Gasteiger partial charge in [0.1, 0.15) is 13.1 Å². The molecule has 5 heteroatoms. The number of nitrogens with one attached hydrogen (secondary N) is 1. The van der Waals surface area contributed by atoms with Crippen molar-refractivity contribution in [1.82, 2.24) is 9.88 Å². The maximum atomic E-state index is 11.3. The van der Waals surface area contributed by atoms with E-state index >= 15 is 0 Å². The molecular weight excluding hydrogens is 218 g/mol. The van der Waals surface area contributed by atoms with E-state index in [1.54, 1.807) is 23.0 Å². The van der Waals surface area contributed by atoms with Crippen molar-refractivity contribution in [1.29, 1.82) is 5.26 Å². The van der Waals surface area contributed by atoms with Gasteiger partial charge in [-0.2, -0.15) is 5.26 Å². The van der Waals surface area contributed by atoms with E-state index in [2.05, 4.69) is 5.32 Å². The molecule has 1 unspecified atom stereocenters. The Morgan fingerprint density at radius 3 is 2.94 bits per heavy atom. The van der Waals surface area contributed by atoms with Gasteiger partial charge in [0.15, 0.2) is 0 Å². The van der Waals surface area contributed by atoms with Gasteiger partial charge in [-0.15, -0.1) is 0 Å². The minimum atomic E-state index is -0.515. The number of aromatic nitrogens is 1. The highest BCUT2D eigenvalue weighted by Gasteiger charge is 2.13. The maximum Gasteiger partial charge on any atom is 0.240 e. The summed E-state index contributed by atoms with van der Waals surface area (Å²) in [5, 5.41) is 20.6. The molecule has 2 N–H and O–H groups in total. The number of carbonyl (C=O) groups excluding carboxylic acids is 1. The Morgan fingerprint density at radius 2 is 2.35 bits per heavy atom. The van der Waals surface area contributed by atoms with Gasteiger partial charge in [0.05, 0.1) is 12.2 Å². The van der Waals surface area contributed by atoms with Crippen LogP contribution < -0.4 is 5.32 Å². The highest BCUT2D eigenvalue weighted by Crippen LogP contribution is 2.21. The molecule has 17 heavy (non-hydrogen) atoms. The fourth-order valence-corrected chi connectivity index (χ4v) is 1.48. The number of hydrogen-bond donors (Lipinski definition) is 2. The van der Waals surface area contributed by atoms with Crippen molar-refractivity contribution in [3.05, 3.63) is 24.0 Å². The summed E-state index contributed by atoms with van der Waals surface area (Å²) in [5.41, 5.74) is 0.799. The van der Waals surface area contributed by atoms with Gasteiger partial charge in [0, 0.05) is 12.4 Å². The van der Waals surface area contributed by atoms with E-state index in [9.17, 15) is 9.90 Å². The van der Waals surface area contributed by atoms with E-state index in [0.29, 0.717) is 0 Å². The molecule has 0 aliphatic rings. The molecule has 1 heterocycles. The lowest BCUT2D eigenvalue weighted by atomic mass is 10.0. The minimum absolute atomic E-state index is 0.0155. The third kappa shape index (κ3) is 3.93. The zero-order chi connectivity index (χ0) is 12.8. The molecule has 5 nitrogen and oxygen atoms in total. The van der Waals surface area contributed by atoms with Gasteiger partial charge in [-0.25, -0.2) is 0 Å². The van der Waals surface area contributed by atoms with Crippen molar-refractivity contribution in [2.24, 2.45) is 5.92 Å². The fourth-order valence-electron chi connectivity index (χ4n) is 1.48. The number of aliphatic hydroxyl groups is 1. The van der Waals surface area contributed by atoms with Crippen molar-refractivity contribution < 1.29 is 9.90 Å². The molecule has 0 aromatic carbocycles. The fraction of sp³-hybridized carbons (Fsp3) is 0.500. The topological polar surface area (TPSA) is 78.1 Å². The molecule has 0 bridgehead atoms. The second kappa shape index (κ2) is 6.06. The molecule has 1 aromatic heterocycles. The highest BCUT2D eigenvalue weighted by atomic mass is 16.3. The van der Waals surface area contributed by atoms with Crippen LogP contribution in [0.25, 0.3) is 0 Å². The number of rotatable bonds is 5. The van der Waals surface area contributed by atoms with Gasteiger partial charge < -0.3 is 15.0 Å². The number of nitrogens with zero attached hydrogens (tertiary/aromatic N) is 2. The Morgan fingerprint density at radius 1 is 1.65 bits per heavy atom. The summed E-state index contributed by atoms with van der Waals surface area (Å²) in [6.45, 7) is 4.04. The summed E-state index contributed by atoms with van der Waals surface area (Å²) in [6, 6.07) is 3.64. The average molecular weight is 235 g/mol. The van der Waals surface area contributed by atoms with Crippen LogP contribution >= 0.6 is 0 Å². The molecule has 0 spiro atoms. The predicted molar refractivity (Wildman–Crippen MR) is 62.9 cm³/mol. The van der Waals surface area contributed by atoms with Crippen LogP contribution in [0.4, 0.5) is 0 Å². The summed E-state index contributed by atoms with van der Waals surface area (Å²) in [4.78, 5) is 11.3. The molecule has 0 saturated heterocycles. The molecule has 1 atom stereocenters. The van der Waals surface area contributed by atoms with Crippen LogP contribution in [0.2, 0.25) is 0 Å². The monoisotopic (exact) mass is 235 g/mol. The number of aliphatic hydroxyl groups excluding tert-OH is 1. The molecule has 1 aromatic rings. The number of nitriles is 1. The van der Waals surface area contributed by atoms with Crippen molar-refractivity contribution in [3.63, 3.8) is 0 Å². The van der Waals surface area contributed by atoms with Gasteiger partial charge in [-0.05, 0) is 17.5 Å². The van der Waals surface area contributed by atoms with E-state index in [-0.39, 0.29) is 24.9 Å². The molecule has 0 aliphatic carbocycles. The van der Waals surface area contributed by atoms with Crippen LogP contribution in [0.5, 0.6) is 0 Å². The lowest BCUT2D eigenvalue weighted by Crippen LogP contribution is -2.27. The van der Waals surface area contributed by atoms with Crippen LogP contribution in [-0.4, -0.2) is 22.1 Å². The molecule has 0 aliphatic heterocycles. The lowest BCUT2D eigenvalue weighted by Gasteiger charge is -2.12. The van der Waals surface area contributed by atoms with E-state index in [1.807, 2.05) is 19.9 Å². The Balaban J connectivity index is 2.57. The minimum Gasteiger partial charge on any atom is -0.388 e. The summed E-state index contributed by atoms with van der Waals surface area (Å²) >= 11 is 0. The zero-order valence-electron chi connectivity index (χ0n) is 10.1. The summed E-state index contributed by atoms with van der Waals surface area (Å²) < 4.78 is 1.69.